The van der Waals surface area contributed by atoms with Crippen molar-refractivity contribution < 1.29 is 5.11 Å². The summed E-state index contributed by atoms with van der Waals surface area (Å²) in [5, 5.41) is 8.29. The van der Waals surface area contributed by atoms with E-state index in [4.69, 9.17) is 16.6 Å². The molecular formula is C13H23N5O. The summed E-state index contributed by atoms with van der Waals surface area (Å²) in [5.74, 6) is 0.458. The molecule has 0 aromatic carbocycles. The van der Waals surface area contributed by atoms with Gasteiger partial charge in [0.05, 0.1) is 5.52 Å². The molecule has 0 spiro atoms. The van der Waals surface area contributed by atoms with Crippen LogP contribution in [0.1, 0.15) is 38.2 Å². The summed E-state index contributed by atoms with van der Waals surface area (Å²) < 4.78 is 0. The number of aromatic nitrogens is 3. The second-order valence-corrected chi connectivity index (χ2v) is 4.28. The van der Waals surface area contributed by atoms with E-state index < -0.39 is 0 Å². The number of nitrogens with two attached hydrogens (primary N) is 2. The maximum Gasteiger partial charge on any atom is 0.151 e. The van der Waals surface area contributed by atoms with Crippen LogP contribution >= 0.6 is 0 Å². The molecule has 0 atom stereocenters. The lowest BCUT2D eigenvalue weighted by atomic mass is 10.2. The SMILES string of the molecule is CCCCCCO.NCc1c[nH]c2c(N)ncnc12. The molecule has 0 saturated carbocycles. The second-order valence-electron chi connectivity index (χ2n) is 4.28. The molecule has 0 fully saturated rings. The monoisotopic (exact) mass is 265 g/mol. The molecule has 2 aromatic rings. The highest BCUT2D eigenvalue weighted by molar-refractivity contribution is 5.86. The molecule has 0 bridgehead atoms. The van der Waals surface area contributed by atoms with Crippen LogP contribution in [0.25, 0.3) is 11.0 Å². The number of anilines is 1. The minimum absolute atomic E-state index is 0.361. The predicted octanol–water partition coefficient (Wildman–Crippen LogP) is 1.56. The highest BCUT2D eigenvalue weighted by Crippen LogP contribution is 2.17. The number of hydrogen-bond donors (Lipinski definition) is 4. The van der Waals surface area contributed by atoms with Crippen molar-refractivity contribution in [1.29, 1.82) is 0 Å². The molecule has 0 saturated heterocycles. The van der Waals surface area contributed by atoms with E-state index in [9.17, 15) is 0 Å². The van der Waals surface area contributed by atoms with Gasteiger partial charge in [0.25, 0.3) is 0 Å². The Morgan fingerprint density at radius 1 is 1.26 bits per heavy atom. The maximum atomic E-state index is 8.29. The first kappa shape index (κ1) is 15.4. The van der Waals surface area contributed by atoms with Gasteiger partial charge >= 0.3 is 0 Å². The Morgan fingerprint density at radius 3 is 2.68 bits per heavy atom. The van der Waals surface area contributed by atoms with Crippen molar-refractivity contribution in [2.45, 2.75) is 39.2 Å². The second kappa shape index (κ2) is 8.44. The fourth-order valence-corrected chi connectivity index (χ4v) is 1.71. The molecule has 6 N–H and O–H groups in total. The fourth-order valence-electron chi connectivity index (χ4n) is 1.71. The van der Waals surface area contributed by atoms with Gasteiger partial charge in [-0.15, -0.1) is 0 Å². The molecule has 0 amide bonds. The Morgan fingerprint density at radius 2 is 2.05 bits per heavy atom. The van der Waals surface area contributed by atoms with Gasteiger partial charge < -0.3 is 21.6 Å². The molecule has 0 aliphatic rings. The van der Waals surface area contributed by atoms with Crippen LogP contribution in [-0.2, 0) is 6.54 Å². The number of nitrogen functional groups attached to an aromatic ring is 1. The average Bonchev–Trinajstić information content (AvgIpc) is 2.85. The molecule has 6 heteroatoms. The predicted molar refractivity (Wildman–Crippen MR) is 77.4 cm³/mol. The van der Waals surface area contributed by atoms with Crippen molar-refractivity contribution in [3.8, 4) is 0 Å². The highest BCUT2D eigenvalue weighted by Gasteiger charge is 2.05. The molecule has 0 radical (unpaired) electrons. The molecule has 6 nitrogen and oxygen atoms in total. The van der Waals surface area contributed by atoms with Crippen molar-refractivity contribution in [2.24, 2.45) is 5.73 Å². The summed E-state index contributed by atoms with van der Waals surface area (Å²) in [6.45, 7) is 2.98. The third-order valence-corrected chi connectivity index (χ3v) is 2.80. The van der Waals surface area contributed by atoms with Crippen LogP contribution in [0.2, 0.25) is 0 Å². The van der Waals surface area contributed by atoms with Gasteiger partial charge in [0.15, 0.2) is 5.82 Å². The van der Waals surface area contributed by atoms with Gasteiger partial charge in [0, 0.05) is 24.9 Å². The van der Waals surface area contributed by atoms with Gasteiger partial charge in [-0.1, -0.05) is 26.2 Å². The van der Waals surface area contributed by atoms with Crippen molar-refractivity contribution in [1.82, 2.24) is 15.0 Å². The largest absolute Gasteiger partial charge is 0.396 e. The highest BCUT2D eigenvalue weighted by atomic mass is 16.2. The molecule has 0 unspecified atom stereocenters. The zero-order valence-electron chi connectivity index (χ0n) is 11.4. The first-order chi connectivity index (χ1) is 9.24. The Kier molecular flexibility index (Phi) is 6.84. The van der Waals surface area contributed by atoms with Crippen LogP contribution in [0.4, 0.5) is 5.82 Å². The standard InChI is InChI=1S/C7H9N5.C6H14O/c8-1-4-2-10-6-5(4)11-3-12-7(6)9;1-2-3-4-5-6-7/h2-3,10H,1,8H2,(H2,9,11,12);7H,2-6H2,1H3. The van der Waals surface area contributed by atoms with Crippen LogP contribution in [-0.4, -0.2) is 26.7 Å². The van der Waals surface area contributed by atoms with E-state index in [1.54, 1.807) is 6.20 Å². The molecular weight excluding hydrogens is 242 g/mol. The summed E-state index contributed by atoms with van der Waals surface area (Å²) in [5.41, 5.74) is 13.6. The van der Waals surface area contributed by atoms with E-state index in [2.05, 4.69) is 21.9 Å². The minimum Gasteiger partial charge on any atom is -0.396 e. The summed E-state index contributed by atoms with van der Waals surface area (Å²) >= 11 is 0. The van der Waals surface area contributed by atoms with Gasteiger partial charge in [-0.25, -0.2) is 9.97 Å². The van der Waals surface area contributed by atoms with E-state index in [0.29, 0.717) is 19.0 Å². The summed E-state index contributed by atoms with van der Waals surface area (Å²) in [6, 6.07) is 0. The Hall–Kier alpha value is -1.66. The Bertz CT molecular complexity index is 479. The quantitative estimate of drug-likeness (QED) is 0.612. The van der Waals surface area contributed by atoms with Crippen LogP contribution in [0.3, 0.4) is 0 Å². The smallest absolute Gasteiger partial charge is 0.151 e. The number of fused-ring (bicyclic) bond motifs is 1. The molecule has 2 heterocycles. The number of aromatic amines is 1. The van der Waals surface area contributed by atoms with Crippen LogP contribution in [0.15, 0.2) is 12.5 Å². The van der Waals surface area contributed by atoms with Crippen LogP contribution in [0.5, 0.6) is 0 Å². The van der Waals surface area contributed by atoms with Crippen molar-refractivity contribution >= 4 is 16.9 Å². The zero-order valence-corrected chi connectivity index (χ0v) is 11.4. The van der Waals surface area contributed by atoms with Crippen LogP contribution in [0, 0.1) is 0 Å². The Balaban J connectivity index is 0.000000224. The van der Waals surface area contributed by atoms with Gasteiger partial charge in [-0.05, 0) is 6.42 Å². The molecule has 0 aliphatic heterocycles. The third kappa shape index (κ3) is 4.50. The average molecular weight is 265 g/mol. The number of nitrogens with zero attached hydrogens (tertiary/aromatic N) is 2. The molecule has 2 rings (SSSR count). The molecule has 2 aromatic heterocycles. The van der Waals surface area contributed by atoms with E-state index in [0.717, 1.165) is 23.0 Å². The van der Waals surface area contributed by atoms with E-state index >= 15 is 0 Å². The number of unbranched alkanes of at least 4 members (excludes halogenated alkanes) is 3. The minimum atomic E-state index is 0.361. The zero-order chi connectivity index (χ0) is 14.1. The van der Waals surface area contributed by atoms with Crippen molar-refractivity contribution in [3.05, 3.63) is 18.1 Å². The fraction of sp³-hybridized carbons (Fsp3) is 0.538. The first-order valence-electron chi connectivity index (χ1n) is 6.61. The molecule has 19 heavy (non-hydrogen) atoms. The number of hydrogen-bond acceptors (Lipinski definition) is 5. The van der Waals surface area contributed by atoms with Gasteiger partial charge in [-0.2, -0.15) is 0 Å². The van der Waals surface area contributed by atoms with E-state index in [1.165, 1.54) is 25.6 Å². The lowest BCUT2D eigenvalue weighted by molar-refractivity contribution is 0.283. The lowest BCUT2D eigenvalue weighted by Gasteiger charge is -1.94. The first-order valence-corrected chi connectivity index (χ1v) is 6.61. The normalized spacial score (nSPS) is 10.3. The number of rotatable bonds is 5. The summed E-state index contributed by atoms with van der Waals surface area (Å²) in [4.78, 5) is 10.9. The summed E-state index contributed by atoms with van der Waals surface area (Å²) in [7, 11) is 0. The lowest BCUT2D eigenvalue weighted by Crippen LogP contribution is -1.96. The molecule has 0 aliphatic carbocycles. The maximum absolute atomic E-state index is 8.29. The number of aliphatic hydroxyl groups is 1. The van der Waals surface area contributed by atoms with E-state index in [-0.39, 0.29) is 0 Å². The summed E-state index contributed by atoms with van der Waals surface area (Å²) in [6.07, 6.45) is 7.92. The topological polar surface area (TPSA) is 114 Å². The third-order valence-electron chi connectivity index (χ3n) is 2.80. The number of H-pyrrole nitrogens is 1. The molecule has 106 valence electrons. The van der Waals surface area contributed by atoms with Crippen LogP contribution < -0.4 is 11.5 Å². The van der Waals surface area contributed by atoms with Crippen molar-refractivity contribution in [3.63, 3.8) is 0 Å². The van der Waals surface area contributed by atoms with Gasteiger partial charge in [0.2, 0.25) is 0 Å². The van der Waals surface area contributed by atoms with E-state index in [1.807, 2.05) is 0 Å². The van der Waals surface area contributed by atoms with Gasteiger partial charge in [0.1, 0.15) is 11.8 Å². The van der Waals surface area contributed by atoms with Crippen molar-refractivity contribution in [2.75, 3.05) is 12.3 Å². The number of aliphatic hydroxyl groups excluding tert-OH is 1. The number of nitrogens with one attached hydrogen (secondary N) is 1. The van der Waals surface area contributed by atoms with Gasteiger partial charge in [-0.3, -0.25) is 0 Å². The Labute approximate surface area is 113 Å².